The second-order valence-corrected chi connectivity index (χ2v) is 7.12. The maximum atomic E-state index is 6.30. The Hall–Kier alpha value is 0.390. The van der Waals surface area contributed by atoms with Crippen LogP contribution in [0.5, 0.6) is 0 Å². The van der Waals surface area contributed by atoms with E-state index in [1.54, 1.807) is 0 Å². The molecule has 2 unspecified atom stereocenters. The third-order valence-corrected chi connectivity index (χ3v) is 5.61. The largest absolute Gasteiger partial charge is 0.370 e. The van der Waals surface area contributed by atoms with Crippen molar-refractivity contribution in [3.05, 3.63) is 34.3 Å². The Bertz CT molecular complexity index is 396. The number of alkyl halides is 1. The van der Waals surface area contributed by atoms with Gasteiger partial charge in [-0.05, 0) is 36.5 Å². The topological polar surface area (TPSA) is 9.23 Å². The maximum Gasteiger partial charge on any atom is 0.0778 e. The average Bonchev–Trinajstić information content (AvgIpc) is 2.37. The van der Waals surface area contributed by atoms with Gasteiger partial charge in [-0.25, -0.2) is 0 Å². The van der Waals surface area contributed by atoms with Gasteiger partial charge in [0.25, 0.3) is 0 Å². The molecule has 0 amide bonds. The van der Waals surface area contributed by atoms with Gasteiger partial charge in [0, 0.05) is 8.90 Å². The van der Waals surface area contributed by atoms with Crippen molar-refractivity contribution in [1.29, 1.82) is 0 Å². The van der Waals surface area contributed by atoms with E-state index in [9.17, 15) is 0 Å². The maximum absolute atomic E-state index is 6.30. The number of hydrogen-bond donors (Lipinski definition) is 0. The molecule has 1 aliphatic rings. The minimum absolute atomic E-state index is 0.112. The zero-order chi connectivity index (χ0) is 13.0. The summed E-state index contributed by atoms with van der Waals surface area (Å²) in [6, 6.07) is 8.41. The van der Waals surface area contributed by atoms with E-state index in [0.717, 1.165) is 21.4 Å². The summed E-state index contributed by atoms with van der Waals surface area (Å²) in [6.45, 7) is 3.08. The first-order valence-electron chi connectivity index (χ1n) is 6.58. The lowest BCUT2D eigenvalue weighted by molar-refractivity contribution is -0.0717. The van der Waals surface area contributed by atoms with Crippen LogP contribution >= 0.6 is 38.5 Å². The summed E-state index contributed by atoms with van der Waals surface area (Å²) in [6.07, 6.45) is 5.10. The minimum atomic E-state index is 0.112. The van der Waals surface area contributed by atoms with Crippen LogP contribution in [0.25, 0.3) is 0 Å². The summed E-state index contributed by atoms with van der Waals surface area (Å²) in [5.74, 6) is 0.802. The molecule has 0 heterocycles. The Labute approximate surface area is 132 Å². The van der Waals surface area contributed by atoms with E-state index < -0.39 is 0 Å². The van der Waals surface area contributed by atoms with Crippen molar-refractivity contribution in [3.8, 4) is 0 Å². The second-order valence-electron chi connectivity index (χ2n) is 5.44. The molecule has 3 heteroatoms. The van der Waals surface area contributed by atoms with E-state index in [0.29, 0.717) is 0 Å². The molecule has 0 saturated heterocycles. The van der Waals surface area contributed by atoms with Gasteiger partial charge in [-0.15, -0.1) is 0 Å². The minimum Gasteiger partial charge on any atom is -0.370 e. The van der Waals surface area contributed by atoms with Gasteiger partial charge in [0.05, 0.1) is 12.2 Å². The van der Waals surface area contributed by atoms with Crippen LogP contribution in [0.1, 0.15) is 38.2 Å². The molecule has 2 atom stereocenters. The molecule has 0 aromatic heterocycles. The highest BCUT2D eigenvalue weighted by atomic mass is 127. The Morgan fingerprint density at radius 1 is 1.50 bits per heavy atom. The summed E-state index contributed by atoms with van der Waals surface area (Å²) >= 11 is 6.00. The lowest BCUT2D eigenvalue weighted by atomic mass is 9.80. The highest BCUT2D eigenvalue weighted by Crippen LogP contribution is 2.37. The summed E-state index contributed by atoms with van der Waals surface area (Å²) in [5, 5.41) is 0. The van der Waals surface area contributed by atoms with Crippen LogP contribution in [0.3, 0.4) is 0 Å². The second kappa shape index (κ2) is 6.71. The van der Waals surface area contributed by atoms with Crippen LogP contribution in [0, 0.1) is 5.92 Å². The molecule has 0 N–H and O–H groups in total. The molecule has 0 bridgehead atoms. The van der Waals surface area contributed by atoms with Crippen LogP contribution in [-0.4, -0.2) is 10.0 Å². The predicted octanol–water partition coefficient (Wildman–Crippen LogP) is 5.35. The molecule has 100 valence electrons. The molecule has 1 nitrogen and oxygen atoms in total. The SMILES string of the molecule is CC1CCCC(CI)(OCc2cccc(Br)c2)C1. The molecular formula is C15H20BrIO. The van der Waals surface area contributed by atoms with Gasteiger partial charge < -0.3 is 4.74 Å². The summed E-state index contributed by atoms with van der Waals surface area (Å²) < 4.78 is 8.53. The fraction of sp³-hybridized carbons (Fsp3) is 0.600. The van der Waals surface area contributed by atoms with Crippen molar-refractivity contribution < 1.29 is 4.74 Å². The number of halogens is 2. The van der Waals surface area contributed by atoms with Crippen molar-refractivity contribution in [2.75, 3.05) is 4.43 Å². The van der Waals surface area contributed by atoms with E-state index in [-0.39, 0.29) is 5.60 Å². The third-order valence-electron chi connectivity index (χ3n) is 3.73. The molecule has 1 aliphatic carbocycles. The van der Waals surface area contributed by atoms with Gasteiger partial charge in [-0.3, -0.25) is 0 Å². The molecule has 2 rings (SSSR count). The molecule has 1 saturated carbocycles. The van der Waals surface area contributed by atoms with E-state index in [2.05, 4.69) is 69.7 Å². The Morgan fingerprint density at radius 2 is 2.33 bits per heavy atom. The number of ether oxygens (including phenoxy) is 1. The predicted molar refractivity (Wildman–Crippen MR) is 88.2 cm³/mol. The van der Waals surface area contributed by atoms with E-state index in [1.165, 1.54) is 31.2 Å². The zero-order valence-electron chi connectivity index (χ0n) is 10.8. The van der Waals surface area contributed by atoms with Crippen LogP contribution < -0.4 is 0 Å². The number of rotatable bonds is 4. The first-order chi connectivity index (χ1) is 8.63. The van der Waals surface area contributed by atoms with Gasteiger partial charge >= 0.3 is 0 Å². The van der Waals surface area contributed by atoms with E-state index in [4.69, 9.17) is 4.74 Å². The third kappa shape index (κ3) is 3.94. The Kier molecular flexibility index (Phi) is 5.51. The smallest absolute Gasteiger partial charge is 0.0778 e. The lowest BCUT2D eigenvalue weighted by Crippen LogP contribution is -2.39. The van der Waals surface area contributed by atoms with Crippen LogP contribution in [0.2, 0.25) is 0 Å². The number of benzene rings is 1. The summed E-state index contributed by atoms with van der Waals surface area (Å²) in [7, 11) is 0. The van der Waals surface area contributed by atoms with Crippen molar-refractivity contribution in [2.45, 2.75) is 44.8 Å². The molecule has 0 spiro atoms. The fourth-order valence-electron chi connectivity index (χ4n) is 2.77. The highest BCUT2D eigenvalue weighted by molar-refractivity contribution is 14.1. The lowest BCUT2D eigenvalue weighted by Gasteiger charge is -2.38. The van der Waals surface area contributed by atoms with Crippen molar-refractivity contribution in [1.82, 2.24) is 0 Å². The van der Waals surface area contributed by atoms with Crippen LogP contribution in [0.15, 0.2) is 28.7 Å². The van der Waals surface area contributed by atoms with Crippen molar-refractivity contribution in [2.24, 2.45) is 5.92 Å². The van der Waals surface area contributed by atoms with Gasteiger partial charge in [-0.1, -0.05) is 70.4 Å². The Morgan fingerprint density at radius 3 is 3.00 bits per heavy atom. The van der Waals surface area contributed by atoms with Gasteiger partial charge in [0.1, 0.15) is 0 Å². The normalized spacial score (nSPS) is 28.3. The fourth-order valence-corrected chi connectivity index (χ4v) is 4.13. The van der Waals surface area contributed by atoms with E-state index in [1.807, 2.05) is 0 Å². The molecule has 0 aliphatic heterocycles. The number of hydrogen-bond acceptors (Lipinski definition) is 1. The first-order valence-corrected chi connectivity index (χ1v) is 8.90. The van der Waals surface area contributed by atoms with Crippen LogP contribution in [0.4, 0.5) is 0 Å². The molecular weight excluding hydrogens is 403 g/mol. The summed E-state index contributed by atoms with van der Waals surface area (Å²) in [5.41, 5.74) is 1.37. The van der Waals surface area contributed by atoms with Crippen molar-refractivity contribution in [3.63, 3.8) is 0 Å². The van der Waals surface area contributed by atoms with Gasteiger partial charge in [-0.2, -0.15) is 0 Å². The quantitative estimate of drug-likeness (QED) is 0.469. The summed E-state index contributed by atoms with van der Waals surface area (Å²) in [4.78, 5) is 0. The van der Waals surface area contributed by atoms with E-state index >= 15 is 0 Å². The van der Waals surface area contributed by atoms with Gasteiger partial charge in [0.15, 0.2) is 0 Å². The Balaban J connectivity index is 1.98. The monoisotopic (exact) mass is 422 g/mol. The van der Waals surface area contributed by atoms with Gasteiger partial charge in [0.2, 0.25) is 0 Å². The average molecular weight is 423 g/mol. The molecule has 1 aromatic carbocycles. The first kappa shape index (κ1) is 14.8. The van der Waals surface area contributed by atoms with Crippen LogP contribution in [-0.2, 0) is 11.3 Å². The molecule has 1 fully saturated rings. The molecule has 1 aromatic rings. The zero-order valence-corrected chi connectivity index (χ0v) is 14.5. The van der Waals surface area contributed by atoms with Crippen molar-refractivity contribution >= 4 is 38.5 Å². The highest BCUT2D eigenvalue weighted by Gasteiger charge is 2.34. The molecule has 0 radical (unpaired) electrons. The molecule has 18 heavy (non-hydrogen) atoms. The standard InChI is InChI=1S/C15H20BrIO/c1-12-4-3-7-15(9-12,11-17)18-10-13-5-2-6-14(16)8-13/h2,5-6,8,12H,3-4,7,9-11H2,1H3.